The summed E-state index contributed by atoms with van der Waals surface area (Å²) in [6.45, 7) is 6.64. The summed E-state index contributed by atoms with van der Waals surface area (Å²) in [6, 6.07) is 5.90. The van der Waals surface area contributed by atoms with Gasteiger partial charge in [0.25, 0.3) is 5.91 Å². The molecule has 4 heteroatoms. The minimum absolute atomic E-state index is 0.0428. The van der Waals surface area contributed by atoms with Crippen molar-refractivity contribution in [1.82, 2.24) is 10.2 Å². The topological polar surface area (TPSA) is 32.3 Å². The monoisotopic (exact) mass is 280 g/mol. The van der Waals surface area contributed by atoms with Crippen molar-refractivity contribution in [3.8, 4) is 0 Å². The Morgan fingerprint density at radius 1 is 1.53 bits per heavy atom. The molecule has 19 heavy (non-hydrogen) atoms. The molecule has 1 aromatic carbocycles. The summed E-state index contributed by atoms with van der Waals surface area (Å²) >= 11 is 6.20. The minimum Gasteiger partial charge on any atom is -0.335 e. The number of benzene rings is 1. The summed E-state index contributed by atoms with van der Waals surface area (Å²) < 4.78 is 0. The number of rotatable bonds is 3. The highest BCUT2D eigenvalue weighted by atomic mass is 35.5. The molecular weight excluding hydrogens is 260 g/mol. The van der Waals surface area contributed by atoms with E-state index in [1.807, 2.05) is 36.9 Å². The van der Waals surface area contributed by atoms with Gasteiger partial charge in [-0.2, -0.15) is 0 Å². The zero-order valence-corrected chi connectivity index (χ0v) is 12.3. The summed E-state index contributed by atoms with van der Waals surface area (Å²) in [5.41, 5.74) is 1.68. The number of carbonyl (C=O) groups excluding carboxylic acids is 1. The van der Waals surface area contributed by atoms with Crippen molar-refractivity contribution in [2.24, 2.45) is 0 Å². The number of nitrogens with one attached hydrogen (secondary N) is 1. The van der Waals surface area contributed by atoms with Gasteiger partial charge in [0.05, 0.1) is 10.6 Å². The number of halogens is 1. The third kappa shape index (κ3) is 3.28. The Morgan fingerprint density at radius 3 is 2.89 bits per heavy atom. The summed E-state index contributed by atoms with van der Waals surface area (Å²) in [6.07, 6.45) is 2.19. The van der Waals surface area contributed by atoms with Gasteiger partial charge in [-0.15, -0.1) is 0 Å². The van der Waals surface area contributed by atoms with Crippen LogP contribution in [0.3, 0.4) is 0 Å². The molecule has 0 aliphatic carbocycles. The molecule has 0 saturated carbocycles. The van der Waals surface area contributed by atoms with Gasteiger partial charge in [0, 0.05) is 19.1 Å². The average Bonchev–Trinajstić information content (AvgIpc) is 2.40. The van der Waals surface area contributed by atoms with Crippen LogP contribution in [0.25, 0.3) is 0 Å². The Balaban J connectivity index is 2.19. The van der Waals surface area contributed by atoms with Crippen LogP contribution < -0.4 is 5.32 Å². The lowest BCUT2D eigenvalue weighted by Gasteiger charge is -2.34. The van der Waals surface area contributed by atoms with Gasteiger partial charge in [-0.3, -0.25) is 4.79 Å². The molecule has 1 N–H and O–H groups in total. The van der Waals surface area contributed by atoms with Gasteiger partial charge in [-0.1, -0.05) is 17.7 Å². The van der Waals surface area contributed by atoms with Crippen LogP contribution in [-0.2, 0) is 0 Å². The molecule has 1 aliphatic heterocycles. The second-order valence-electron chi connectivity index (χ2n) is 5.07. The summed E-state index contributed by atoms with van der Waals surface area (Å²) in [4.78, 5) is 14.6. The Morgan fingerprint density at radius 2 is 2.32 bits per heavy atom. The van der Waals surface area contributed by atoms with E-state index in [4.69, 9.17) is 11.6 Å². The van der Waals surface area contributed by atoms with Gasteiger partial charge in [0.1, 0.15) is 0 Å². The van der Waals surface area contributed by atoms with Crippen LogP contribution in [0.15, 0.2) is 18.2 Å². The lowest BCUT2D eigenvalue weighted by atomic mass is 10.0. The smallest absolute Gasteiger partial charge is 0.255 e. The first kappa shape index (κ1) is 14.4. The third-order valence-electron chi connectivity index (χ3n) is 3.67. The van der Waals surface area contributed by atoms with Crippen molar-refractivity contribution >= 4 is 17.5 Å². The van der Waals surface area contributed by atoms with Crippen LogP contribution in [0.2, 0.25) is 5.02 Å². The largest absolute Gasteiger partial charge is 0.335 e. The van der Waals surface area contributed by atoms with E-state index in [-0.39, 0.29) is 11.9 Å². The highest BCUT2D eigenvalue weighted by Gasteiger charge is 2.25. The number of amides is 1. The zero-order valence-electron chi connectivity index (χ0n) is 11.6. The molecule has 2 rings (SSSR count). The molecule has 0 aromatic heterocycles. The second-order valence-corrected chi connectivity index (χ2v) is 5.48. The molecule has 1 unspecified atom stereocenters. The Labute approximate surface area is 119 Å². The molecule has 1 aromatic rings. The zero-order chi connectivity index (χ0) is 13.8. The number of hydrogen-bond donors (Lipinski definition) is 1. The molecule has 0 spiro atoms. The van der Waals surface area contributed by atoms with Gasteiger partial charge in [0.15, 0.2) is 0 Å². The van der Waals surface area contributed by atoms with Crippen LogP contribution in [0, 0.1) is 6.92 Å². The molecule has 1 aliphatic rings. The van der Waals surface area contributed by atoms with E-state index in [0.29, 0.717) is 10.6 Å². The van der Waals surface area contributed by atoms with Crippen LogP contribution in [-0.4, -0.2) is 36.5 Å². The first-order chi connectivity index (χ1) is 9.13. The number of carbonyl (C=O) groups is 1. The first-order valence-electron chi connectivity index (χ1n) is 6.91. The van der Waals surface area contributed by atoms with Crippen LogP contribution >= 0.6 is 11.6 Å². The van der Waals surface area contributed by atoms with E-state index in [0.717, 1.165) is 38.0 Å². The summed E-state index contributed by atoms with van der Waals surface area (Å²) in [5, 5.41) is 3.90. The number of likely N-dealkylation sites (N-methyl/N-ethyl adjacent to an activating group) is 1. The molecule has 0 radical (unpaired) electrons. The standard InChI is InChI=1S/C15H21ClN2O/c1-3-18(12-5-4-8-17-10-12)15(19)13-7-6-11(2)9-14(13)16/h6-7,9,12,17H,3-5,8,10H2,1-2H3. The van der Waals surface area contributed by atoms with Crippen molar-refractivity contribution < 1.29 is 4.79 Å². The average molecular weight is 281 g/mol. The van der Waals surface area contributed by atoms with Gasteiger partial charge >= 0.3 is 0 Å². The van der Waals surface area contributed by atoms with Gasteiger partial charge in [0.2, 0.25) is 0 Å². The number of piperidine rings is 1. The van der Waals surface area contributed by atoms with E-state index in [2.05, 4.69) is 5.32 Å². The molecule has 0 bridgehead atoms. The van der Waals surface area contributed by atoms with E-state index in [9.17, 15) is 4.79 Å². The molecule has 1 fully saturated rings. The Kier molecular flexibility index (Phi) is 4.83. The summed E-state index contributed by atoms with van der Waals surface area (Å²) in [7, 11) is 0. The van der Waals surface area contributed by atoms with E-state index in [1.54, 1.807) is 0 Å². The van der Waals surface area contributed by atoms with E-state index in [1.165, 1.54) is 0 Å². The predicted molar refractivity (Wildman–Crippen MR) is 78.8 cm³/mol. The SMILES string of the molecule is CCN(C(=O)c1ccc(C)cc1Cl)C1CCCNC1. The maximum Gasteiger partial charge on any atom is 0.255 e. The van der Waals surface area contributed by atoms with Crippen LogP contribution in [0.1, 0.15) is 35.7 Å². The first-order valence-corrected chi connectivity index (χ1v) is 7.29. The van der Waals surface area contributed by atoms with Crippen molar-refractivity contribution in [2.45, 2.75) is 32.7 Å². The van der Waals surface area contributed by atoms with Gasteiger partial charge in [-0.25, -0.2) is 0 Å². The maximum absolute atomic E-state index is 12.6. The molecule has 1 saturated heterocycles. The van der Waals surface area contributed by atoms with Crippen molar-refractivity contribution in [1.29, 1.82) is 0 Å². The fourth-order valence-electron chi connectivity index (χ4n) is 2.62. The maximum atomic E-state index is 12.6. The lowest BCUT2D eigenvalue weighted by molar-refractivity contribution is 0.0662. The molecular formula is C15H21ClN2O. The molecule has 1 atom stereocenters. The lowest BCUT2D eigenvalue weighted by Crippen LogP contribution is -2.48. The van der Waals surface area contributed by atoms with Crippen LogP contribution in [0.5, 0.6) is 0 Å². The fourth-order valence-corrected chi connectivity index (χ4v) is 2.93. The molecule has 1 amide bonds. The highest BCUT2D eigenvalue weighted by Crippen LogP contribution is 2.21. The number of hydrogen-bond acceptors (Lipinski definition) is 2. The molecule has 104 valence electrons. The fraction of sp³-hybridized carbons (Fsp3) is 0.533. The quantitative estimate of drug-likeness (QED) is 0.923. The van der Waals surface area contributed by atoms with Crippen molar-refractivity contribution in [3.63, 3.8) is 0 Å². The molecule has 1 heterocycles. The normalized spacial score (nSPS) is 19.2. The Bertz CT molecular complexity index is 455. The van der Waals surface area contributed by atoms with E-state index < -0.39 is 0 Å². The van der Waals surface area contributed by atoms with E-state index >= 15 is 0 Å². The predicted octanol–water partition coefficient (Wildman–Crippen LogP) is 2.86. The minimum atomic E-state index is 0.0428. The number of aryl methyl sites for hydroxylation is 1. The second kappa shape index (κ2) is 6.40. The number of nitrogens with zero attached hydrogens (tertiary/aromatic N) is 1. The Hall–Kier alpha value is -1.06. The van der Waals surface area contributed by atoms with Crippen LogP contribution in [0.4, 0.5) is 0 Å². The highest BCUT2D eigenvalue weighted by molar-refractivity contribution is 6.33. The summed E-state index contributed by atoms with van der Waals surface area (Å²) in [5.74, 6) is 0.0428. The third-order valence-corrected chi connectivity index (χ3v) is 3.98. The van der Waals surface area contributed by atoms with Gasteiger partial charge < -0.3 is 10.2 Å². The van der Waals surface area contributed by atoms with Gasteiger partial charge in [-0.05, 0) is 50.9 Å². The van der Waals surface area contributed by atoms with Crippen molar-refractivity contribution in [2.75, 3.05) is 19.6 Å². The molecule has 3 nitrogen and oxygen atoms in total. The van der Waals surface area contributed by atoms with Crippen molar-refractivity contribution in [3.05, 3.63) is 34.3 Å².